The molecule has 0 aliphatic heterocycles. The highest BCUT2D eigenvalue weighted by Gasteiger charge is 2.13. The van der Waals surface area contributed by atoms with Gasteiger partial charge in [0.2, 0.25) is 0 Å². The number of aromatic amines is 1. The second-order valence-electron chi connectivity index (χ2n) is 6.67. The first kappa shape index (κ1) is 16.4. The highest BCUT2D eigenvalue weighted by Crippen LogP contribution is 2.24. The van der Waals surface area contributed by atoms with E-state index in [9.17, 15) is 0 Å². The van der Waals surface area contributed by atoms with Crippen LogP contribution in [0.1, 0.15) is 5.56 Å². The van der Waals surface area contributed by atoms with E-state index in [4.69, 9.17) is 4.98 Å². The minimum absolute atomic E-state index is 0.660. The van der Waals surface area contributed by atoms with E-state index in [1.807, 2.05) is 25.2 Å². The van der Waals surface area contributed by atoms with Crippen LogP contribution in [0, 0.1) is 0 Å². The molecule has 4 aromatic heterocycles. The monoisotopic (exact) mass is 369 g/mol. The van der Waals surface area contributed by atoms with Crippen LogP contribution in [-0.4, -0.2) is 36.3 Å². The van der Waals surface area contributed by atoms with Gasteiger partial charge in [0.05, 0.1) is 11.6 Å². The normalized spacial score (nSPS) is 11.3. The number of hydrogen-bond acceptors (Lipinski definition) is 5. The minimum Gasteiger partial charge on any atom is -0.369 e. The molecule has 0 bridgehead atoms. The van der Waals surface area contributed by atoms with Gasteiger partial charge in [-0.05, 0) is 30.2 Å². The number of rotatable bonds is 5. The van der Waals surface area contributed by atoms with Crippen LogP contribution in [0.25, 0.3) is 33.3 Å². The molecule has 0 radical (unpaired) electrons. The lowest BCUT2D eigenvalue weighted by Gasteiger charge is -2.09. The van der Waals surface area contributed by atoms with Crippen molar-refractivity contribution in [2.24, 2.45) is 7.05 Å². The number of nitrogens with zero attached hydrogens (tertiary/aromatic N) is 5. The Kier molecular flexibility index (Phi) is 3.97. The molecular weight excluding hydrogens is 350 g/mol. The van der Waals surface area contributed by atoms with E-state index in [-0.39, 0.29) is 0 Å². The fourth-order valence-electron chi connectivity index (χ4n) is 3.44. The van der Waals surface area contributed by atoms with E-state index in [1.54, 1.807) is 23.3 Å². The van der Waals surface area contributed by atoms with Crippen LogP contribution >= 0.6 is 0 Å². The molecule has 0 atom stereocenters. The smallest absolute Gasteiger partial charge is 0.164 e. The van der Waals surface area contributed by atoms with Gasteiger partial charge in [0.1, 0.15) is 5.82 Å². The van der Waals surface area contributed by atoms with Crippen molar-refractivity contribution in [2.75, 3.05) is 11.9 Å². The summed E-state index contributed by atoms with van der Waals surface area (Å²) < 4.78 is 1.77. The maximum absolute atomic E-state index is 4.75. The quantitative estimate of drug-likeness (QED) is 0.495. The van der Waals surface area contributed by atoms with Crippen molar-refractivity contribution >= 4 is 27.8 Å². The fraction of sp³-hybridized carbons (Fsp3) is 0.143. The Balaban J connectivity index is 1.45. The summed E-state index contributed by atoms with van der Waals surface area (Å²) in [7, 11) is 1.89. The van der Waals surface area contributed by atoms with Crippen molar-refractivity contribution in [1.29, 1.82) is 0 Å². The van der Waals surface area contributed by atoms with Crippen molar-refractivity contribution in [3.05, 3.63) is 66.7 Å². The topological polar surface area (TPSA) is 84.3 Å². The highest BCUT2D eigenvalue weighted by molar-refractivity contribution is 5.88. The van der Waals surface area contributed by atoms with Crippen molar-refractivity contribution in [2.45, 2.75) is 6.42 Å². The SMILES string of the molecule is Cn1ncc2c(NCCc3c[nH]c4ccccc34)nc(-c3ccncc3)nc21. The Morgan fingerprint density at radius 2 is 1.89 bits per heavy atom. The van der Waals surface area contributed by atoms with Crippen LogP contribution in [0.5, 0.6) is 0 Å². The third-order valence-corrected chi connectivity index (χ3v) is 4.89. The van der Waals surface area contributed by atoms with Gasteiger partial charge in [-0.2, -0.15) is 5.10 Å². The van der Waals surface area contributed by atoms with Crippen molar-refractivity contribution in [3.8, 4) is 11.4 Å². The summed E-state index contributed by atoms with van der Waals surface area (Å²) in [5.74, 6) is 1.46. The van der Waals surface area contributed by atoms with Gasteiger partial charge in [0.15, 0.2) is 11.5 Å². The van der Waals surface area contributed by atoms with Gasteiger partial charge in [0.25, 0.3) is 0 Å². The second-order valence-corrected chi connectivity index (χ2v) is 6.67. The largest absolute Gasteiger partial charge is 0.369 e. The molecule has 4 heterocycles. The summed E-state index contributed by atoms with van der Waals surface area (Å²) in [6, 6.07) is 12.2. The van der Waals surface area contributed by atoms with Gasteiger partial charge in [-0.3, -0.25) is 9.67 Å². The number of anilines is 1. The molecule has 7 nitrogen and oxygen atoms in total. The summed E-state index contributed by atoms with van der Waals surface area (Å²) in [5.41, 5.74) is 4.18. The number of aryl methyl sites for hydroxylation is 1. The van der Waals surface area contributed by atoms with Gasteiger partial charge in [-0.1, -0.05) is 18.2 Å². The zero-order chi connectivity index (χ0) is 18.9. The van der Waals surface area contributed by atoms with Crippen LogP contribution in [0.4, 0.5) is 5.82 Å². The van der Waals surface area contributed by atoms with Crippen LogP contribution < -0.4 is 5.32 Å². The summed E-state index contributed by atoms with van der Waals surface area (Å²) >= 11 is 0. The van der Waals surface area contributed by atoms with E-state index >= 15 is 0 Å². The third kappa shape index (κ3) is 2.87. The molecule has 0 saturated heterocycles. The zero-order valence-electron chi connectivity index (χ0n) is 15.4. The molecule has 0 saturated carbocycles. The lowest BCUT2D eigenvalue weighted by molar-refractivity contribution is 0.786. The number of hydrogen-bond donors (Lipinski definition) is 2. The Morgan fingerprint density at radius 1 is 1.04 bits per heavy atom. The molecule has 5 rings (SSSR count). The van der Waals surface area contributed by atoms with Crippen molar-refractivity contribution in [3.63, 3.8) is 0 Å². The highest BCUT2D eigenvalue weighted by atomic mass is 15.3. The zero-order valence-corrected chi connectivity index (χ0v) is 15.4. The maximum Gasteiger partial charge on any atom is 0.164 e. The average molecular weight is 369 g/mol. The predicted octanol–water partition coefficient (Wildman–Crippen LogP) is 3.56. The Labute approximate surface area is 161 Å². The Bertz CT molecular complexity index is 1250. The summed E-state index contributed by atoms with van der Waals surface area (Å²) in [6.07, 6.45) is 8.26. The first-order chi connectivity index (χ1) is 13.8. The maximum atomic E-state index is 4.75. The van der Waals surface area contributed by atoms with Gasteiger partial charge in [-0.25, -0.2) is 9.97 Å². The van der Waals surface area contributed by atoms with Crippen LogP contribution in [0.15, 0.2) is 61.2 Å². The average Bonchev–Trinajstić information content (AvgIpc) is 3.33. The summed E-state index contributed by atoms with van der Waals surface area (Å²) in [5, 5.41) is 10.0. The van der Waals surface area contributed by atoms with E-state index in [0.717, 1.165) is 40.9 Å². The molecule has 28 heavy (non-hydrogen) atoms. The van der Waals surface area contributed by atoms with Gasteiger partial charge in [-0.15, -0.1) is 0 Å². The van der Waals surface area contributed by atoms with Gasteiger partial charge in [0, 0.05) is 48.6 Å². The molecular formula is C21H19N7. The lowest BCUT2D eigenvalue weighted by atomic mass is 10.1. The number of benzene rings is 1. The van der Waals surface area contributed by atoms with E-state index < -0.39 is 0 Å². The Morgan fingerprint density at radius 3 is 2.79 bits per heavy atom. The molecule has 0 aliphatic carbocycles. The molecule has 0 unspecified atom stereocenters. The molecule has 0 fully saturated rings. The molecule has 7 heteroatoms. The van der Waals surface area contributed by atoms with Gasteiger partial charge < -0.3 is 10.3 Å². The lowest BCUT2D eigenvalue weighted by Crippen LogP contribution is -2.08. The molecule has 0 spiro atoms. The number of fused-ring (bicyclic) bond motifs is 2. The second kappa shape index (κ2) is 6.77. The Hall–Kier alpha value is -3.74. The molecule has 5 aromatic rings. The number of para-hydroxylation sites is 1. The number of pyridine rings is 1. The van der Waals surface area contributed by atoms with Crippen LogP contribution in [0.2, 0.25) is 0 Å². The first-order valence-electron chi connectivity index (χ1n) is 9.18. The van der Waals surface area contributed by atoms with Gasteiger partial charge >= 0.3 is 0 Å². The number of nitrogens with one attached hydrogen (secondary N) is 2. The summed E-state index contributed by atoms with van der Waals surface area (Å²) in [6.45, 7) is 0.763. The van der Waals surface area contributed by atoms with Crippen molar-refractivity contribution in [1.82, 2.24) is 29.7 Å². The number of H-pyrrole nitrogens is 1. The fourth-order valence-corrected chi connectivity index (χ4v) is 3.44. The van der Waals surface area contributed by atoms with Crippen LogP contribution in [-0.2, 0) is 13.5 Å². The van der Waals surface area contributed by atoms with Crippen molar-refractivity contribution < 1.29 is 0 Å². The predicted molar refractivity (Wildman–Crippen MR) is 110 cm³/mol. The van der Waals surface area contributed by atoms with E-state index in [0.29, 0.717) is 5.82 Å². The minimum atomic E-state index is 0.660. The standard InChI is InChI=1S/C21H19N7/c1-28-21-17(13-25-28)20(26-19(27-21)14-6-9-22-10-7-14)23-11-8-15-12-24-18-5-3-2-4-16(15)18/h2-7,9-10,12-13,24H,8,11H2,1H3,(H,23,26,27). The van der Waals surface area contributed by atoms with Crippen LogP contribution in [0.3, 0.4) is 0 Å². The molecule has 0 amide bonds. The van der Waals surface area contributed by atoms with E-state index in [2.05, 4.69) is 49.8 Å². The van der Waals surface area contributed by atoms with E-state index in [1.165, 1.54) is 10.9 Å². The molecule has 2 N–H and O–H groups in total. The first-order valence-corrected chi connectivity index (χ1v) is 9.18. The molecule has 0 aliphatic rings. The number of aromatic nitrogens is 6. The summed E-state index contributed by atoms with van der Waals surface area (Å²) in [4.78, 5) is 16.8. The molecule has 1 aromatic carbocycles. The third-order valence-electron chi connectivity index (χ3n) is 4.89. The molecule has 138 valence electrons.